The van der Waals surface area contributed by atoms with Gasteiger partial charge in [0.2, 0.25) is 11.8 Å². The topological polar surface area (TPSA) is 151 Å². The van der Waals surface area contributed by atoms with E-state index < -0.39 is 42.1 Å². The lowest BCUT2D eigenvalue weighted by Crippen LogP contribution is -2.54. The zero-order chi connectivity index (χ0) is 27.4. The number of amides is 2. The van der Waals surface area contributed by atoms with Crippen LogP contribution in [0, 0.1) is 10.8 Å². The first-order valence-electron chi connectivity index (χ1n) is 11.6. The van der Waals surface area contributed by atoms with E-state index in [2.05, 4.69) is 15.8 Å². The average Bonchev–Trinajstić information content (AvgIpc) is 2.86. The number of thioether (sulfide) groups is 1. The zero-order valence-corrected chi connectivity index (χ0v) is 21.7. The maximum absolute atomic E-state index is 13.0. The van der Waals surface area contributed by atoms with E-state index in [-0.39, 0.29) is 23.8 Å². The second kappa shape index (κ2) is 14.7. The van der Waals surface area contributed by atoms with Crippen molar-refractivity contribution in [3.8, 4) is 5.75 Å². The number of carbonyl (C=O) groups excluding carboxylic acids is 3. The van der Waals surface area contributed by atoms with Crippen molar-refractivity contribution in [1.29, 1.82) is 0 Å². The van der Waals surface area contributed by atoms with Crippen molar-refractivity contribution >= 4 is 41.0 Å². The lowest BCUT2D eigenvalue weighted by molar-refractivity contribution is -0.140. The molecular formula is C26H31N3O7S. The SMILES string of the molecule is COc1ccc(N=O)c(CC(=O)N[C@H](C(=O)NC(CC(=O)O)C(=O)CSCc2ccccc2)C(C)C)c1. The van der Waals surface area contributed by atoms with Crippen LogP contribution in [0.3, 0.4) is 0 Å². The normalized spacial score (nSPS) is 12.3. The number of Topliss-reactive ketones (excluding diaryl/α,β-unsaturated/α-hetero) is 1. The van der Waals surface area contributed by atoms with Gasteiger partial charge in [-0.15, -0.1) is 16.7 Å². The molecule has 3 N–H and O–H groups in total. The Balaban J connectivity index is 2.05. The summed E-state index contributed by atoms with van der Waals surface area (Å²) in [5.74, 6) is -2.23. The van der Waals surface area contributed by atoms with Gasteiger partial charge in [0.15, 0.2) is 5.78 Å². The number of ether oxygens (including phenoxy) is 1. The highest BCUT2D eigenvalue weighted by Crippen LogP contribution is 2.25. The van der Waals surface area contributed by atoms with Crippen LogP contribution in [-0.2, 0) is 31.4 Å². The van der Waals surface area contributed by atoms with E-state index >= 15 is 0 Å². The van der Waals surface area contributed by atoms with Crippen LogP contribution >= 0.6 is 11.8 Å². The Morgan fingerprint density at radius 2 is 1.76 bits per heavy atom. The lowest BCUT2D eigenvalue weighted by atomic mass is 10.0. The number of rotatable bonds is 15. The van der Waals surface area contributed by atoms with Crippen molar-refractivity contribution in [2.75, 3.05) is 12.9 Å². The molecule has 2 aromatic rings. The standard InChI is InChI=1S/C26H31N3O7S/c1-16(2)25(28-23(31)12-18-11-19(36-3)9-10-20(18)29-35)26(34)27-21(13-24(32)33)22(30)15-37-14-17-7-5-4-6-8-17/h4-11,16,21,25H,12-15H2,1-3H3,(H,27,34)(H,28,31)(H,32,33)/t21?,25-/m0/s1. The molecule has 0 aliphatic heterocycles. The van der Waals surface area contributed by atoms with Gasteiger partial charge in [-0.2, -0.15) is 0 Å². The Bertz CT molecular complexity index is 1110. The molecule has 0 heterocycles. The van der Waals surface area contributed by atoms with E-state index in [4.69, 9.17) is 4.74 Å². The number of aliphatic carboxylic acids is 1. The van der Waals surface area contributed by atoms with Crippen molar-refractivity contribution < 1.29 is 29.0 Å². The average molecular weight is 530 g/mol. The van der Waals surface area contributed by atoms with Gasteiger partial charge in [0, 0.05) is 5.75 Å². The molecule has 0 bridgehead atoms. The largest absolute Gasteiger partial charge is 0.497 e. The molecule has 11 heteroatoms. The first-order chi connectivity index (χ1) is 17.6. The smallest absolute Gasteiger partial charge is 0.305 e. The molecule has 0 radical (unpaired) electrons. The third-order valence-electron chi connectivity index (χ3n) is 5.44. The highest BCUT2D eigenvalue weighted by Gasteiger charge is 2.30. The summed E-state index contributed by atoms with van der Waals surface area (Å²) in [6.07, 6.45) is -0.810. The number of methoxy groups -OCH3 is 1. The zero-order valence-electron chi connectivity index (χ0n) is 20.9. The molecular weight excluding hydrogens is 498 g/mol. The summed E-state index contributed by atoms with van der Waals surface area (Å²) >= 11 is 1.32. The van der Waals surface area contributed by atoms with Gasteiger partial charge in [-0.05, 0) is 40.4 Å². The van der Waals surface area contributed by atoms with Gasteiger partial charge in [-0.1, -0.05) is 44.2 Å². The molecule has 0 spiro atoms. The van der Waals surface area contributed by atoms with E-state index in [9.17, 15) is 29.2 Å². The number of hydrogen-bond acceptors (Lipinski definition) is 8. The predicted molar refractivity (Wildman–Crippen MR) is 141 cm³/mol. The number of carboxylic acids is 1. The number of nitroso groups, excluding NO2 is 1. The van der Waals surface area contributed by atoms with Crippen LogP contribution in [0.4, 0.5) is 5.69 Å². The van der Waals surface area contributed by atoms with Crippen molar-refractivity contribution in [3.05, 3.63) is 64.6 Å². The molecule has 1 unspecified atom stereocenters. The van der Waals surface area contributed by atoms with Gasteiger partial charge in [0.05, 0.1) is 31.7 Å². The third kappa shape index (κ3) is 9.68. The van der Waals surface area contributed by atoms with Gasteiger partial charge in [-0.25, -0.2) is 0 Å². The van der Waals surface area contributed by atoms with Gasteiger partial charge in [0.25, 0.3) is 0 Å². The molecule has 2 rings (SSSR count). The van der Waals surface area contributed by atoms with Crippen LogP contribution in [-0.4, -0.2) is 53.6 Å². The van der Waals surface area contributed by atoms with E-state index in [0.717, 1.165) is 5.56 Å². The quantitative estimate of drug-likeness (QED) is 0.298. The van der Waals surface area contributed by atoms with E-state index in [1.165, 1.54) is 31.0 Å². The van der Waals surface area contributed by atoms with Crippen LogP contribution in [0.5, 0.6) is 5.75 Å². The van der Waals surface area contributed by atoms with Gasteiger partial charge in [-0.3, -0.25) is 19.2 Å². The Morgan fingerprint density at radius 3 is 2.35 bits per heavy atom. The van der Waals surface area contributed by atoms with Crippen LogP contribution in [0.2, 0.25) is 0 Å². The number of carbonyl (C=O) groups is 4. The number of hydrogen-bond donors (Lipinski definition) is 3. The molecule has 0 fully saturated rings. The number of carboxylic acid groups (broad SMARTS) is 1. The van der Waals surface area contributed by atoms with E-state index in [1.807, 2.05) is 30.3 Å². The van der Waals surface area contributed by atoms with Crippen molar-refractivity contribution in [3.63, 3.8) is 0 Å². The number of nitrogens with one attached hydrogen (secondary N) is 2. The Labute approximate surface area is 219 Å². The molecule has 10 nitrogen and oxygen atoms in total. The van der Waals surface area contributed by atoms with Crippen molar-refractivity contribution in [1.82, 2.24) is 10.6 Å². The van der Waals surface area contributed by atoms with Crippen molar-refractivity contribution in [2.24, 2.45) is 11.1 Å². The first-order valence-corrected chi connectivity index (χ1v) is 12.8. The van der Waals surface area contributed by atoms with Crippen LogP contribution in [0.1, 0.15) is 31.4 Å². The highest BCUT2D eigenvalue weighted by molar-refractivity contribution is 7.99. The maximum atomic E-state index is 13.0. The summed E-state index contributed by atoms with van der Waals surface area (Å²) in [7, 11) is 1.45. The third-order valence-corrected chi connectivity index (χ3v) is 6.47. The number of ketones is 1. The maximum Gasteiger partial charge on any atom is 0.305 e. The number of benzene rings is 2. The summed E-state index contributed by atoms with van der Waals surface area (Å²) in [5.41, 5.74) is 1.41. The predicted octanol–water partition coefficient (Wildman–Crippen LogP) is 3.24. The molecule has 2 amide bonds. The van der Waals surface area contributed by atoms with Gasteiger partial charge >= 0.3 is 5.97 Å². The minimum Gasteiger partial charge on any atom is -0.497 e. The molecule has 0 saturated heterocycles. The van der Waals surface area contributed by atoms with Gasteiger partial charge in [0.1, 0.15) is 17.5 Å². The second-order valence-corrected chi connectivity index (χ2v) is 9.64. The summed E-state index contributed by atoms with van der Waals surface area (Å²) in [6, 6.07) is 11.7. The van der Waals surface area contributed by atoms with E-state index in [0.29, 0.717) is 17.1 Å². The first kappa shape index (κ1) is 29.5. The monoisotopic (exact) mass is 529 g/mol. The molecule has 0 aromatic heterocycles. The number of nitrogens with zero attached hydrogens (tertiary/aromatic N) is 1. The lowest BCUT2D eigenvalue weighted by Gasteiger charge is -2.24. The molecule has 0 saturated carbocycles. The Morgan fingerprint density at radius 1 is 1.05 bits per heavy atom. The van der Waals surface area contributed by atoms with Crippen LogP contribution < -0.4 is 15.4 Å². The van der Waals surface area contributed by atoms with Crippen molar-refractivity contribution in [2.45, 2.75) is 44.5 Å². The summed E-state index contributed by atoms with van der Waals surface area (Å²) < 4.78 is 5.12. The molecule has 198 valence electrons. The minimum atomic E-state index is -1.24. The Hall–Kier alpha value is -3.73. The van der Waals surface area contributed by atoms with Gasteiger partial charge < -0.3 is 20.5 Å². The van der Waals surface area contributed by atoms with Crippen LogP contribution in [0.25, 0.3) is 0 Å². The molecule has 0 aliphatic carbocycles. The minimum absolute atomic E-state index is 0.0170. The fourth-order valence-corrected chi connectivity index (χ4v) is 4.41. The van der Waals surface area contributed by atoms with Crippen LogP contribution in [0.15, 0.2) is 53.7 Å². The molecule has 2 aromatic carbocycles. The summed E-state index contributed by atoms with van der Waals surface area (Å²) in [5, 5.41) is 17.3. The Kier molecular flexibility index (Phi) is 11.8. The summed E-state index contributed by atoms with van der Waals surface area (Å²) in [6.45, 7) is 3.41. The fraction of sp³-hybridized carbons (Fsp3) is 0.385. The molecule has 2 atom stereocenters. The molecule has 0 aliphatic rings. The summed E-state index contributed by atoms with van der Waals surface area (Å²) in [4.78, 5) is 61.0. The highest BCUT2D eigenvalue weighted by atomic mass is 32.2. The second-order valence-electron chi connectivity index (χ2n) is 8.66. The fourth-order valence-electron chi connectivity index (χ4n) is 3.48. The van der Waals surface area contributed by atoms with E-state index in [1.54, 1.807) is 19.9 Å². The molecule has 37 heavy (non-hydrogen) atoms.